The van der Waals surface area contributed by atoms with Crippen LogP contribution in [0.15, 0.2) is 66.7 Å². The van der Waals surface area contributed by atoms with Crippen molar-refractivity contribution in [3.05, 3.63) is 83.4 Å². The molecule has 0 bridgehead atoms. The molecule has 0 fully saturated rings. The third-order valence-electron chi connectivity index (χ3n) is 2.88. The SMILES string of the molecule is CCc1ccc(/C=C/C=C/c2ccccc2)cc1. The molecule has 0 aliphatic carbocycles. The summed E-state index contributed by atoms with van der Waals surface area (Å²) in [5, 5.41) is 0. The lowest BCUT2D eigenvalue weighted by molar-refractivity contribution is 1.14. The summed E-state index contributed by atoms with van der Waals surface area (Å²) >= 11 is 0. The van der Waals surface area contributed by atoms with Gasteiger partial charge in [-0.2, -0.15) is 0 Å². The van der Waals surface area contributed by atoms with E-state index in [0.717, 1.165) is 6.42 Å². The average Bonchev–Trinajstić information content (AvgIpc) is 2.45. The van der Waals surface area contributed by atoms with Gasteiger partial charge in [0.25, 0.3) is 0 Å². The van der Waals surface area contributed by atoms with E-state index in [2.05, 4.69) is 67.6 Å². The lowest BCUT2D eigenvalue weighted by Crippen LogP contribution is -1.78. The summed E-state index contributed by atoms with van der Waals surface area (Å²) in [6.07, 6.45) is 9.48. The van der Waals surface area contributed by atoms with E-state index in [1.165, 1.54) is 16.7 Å². The second-order valence-corrected chi connectivity index (χ2v) is 4.22. The molecule has 2 rings (SSSR count). The van der Waals surface area contributed by atoms with Gasteiger partial charge < -0.3 is 0 Å². The minimum Gasteiger partial charge on any atom is -0.0622 e. The fourth-order valence-electron chi connectivity index (χ4n) is 1.76. The Morgan fingerprint density at radius 3 is 1.83 bits per heavy atom. The molecule has 0 atom stereocenters. The quantitative estimate of drug-likeness (QED) is 0.655. The Labute approximate surface area is 109 Å². The van der Waals surface area contributed by atoms with E-state index in [4.69, 9.17) is 0 Å². The van der Waals surface area contributed by atoms with Gasteiger partial charge in [-0.3, -0.25) is 0 Å². The number of hydrogen-bond acceptors (Lipinski definition) is 0. The molecule has 90 valence electrons. The van der Waals surface area contributed by atoms with Crippen LogP contribution in [0.2, 0.25) is 0 Å². The monoisotopic (exact) mass is 234 g/mol. The van der Waals surface area contributed by atoms with Crippen molar-refractivity contribution in [1.29, 1.82) is 0 Å². The van der Waals surface area contributed by atoms with Crippen molar-refractivity contribution >= 4 is 12.2 Å². The Bertz CT molecular complexity index is 516. The van der Waals surface area contributed by atoms with E-state index in [-0.39, 0.29) is 0 Å². The topological polar surface area (TPSA) is 0 Å². The minimum atomic E-state index is 1.10. The van der Waals surface area contributed by atoms with Crippen LogP contribution in [-0.4, -0.2) is 0 Å². The van der Waals surface area contributed by atoms with Gasteiger partial charge in [-0.15, -0.1) is 0 Å². The fraction of sp³-hybridized carbons (Fsp3) is 0.111. The van der Waals surface area contributed by atoms with Crippen molar-refractivity contribution in [2.75, 3.05) is 0 Å². The van der Waals surface area contributed by atoms with Gasteiger partial charge >= 0.3 is 0 Å². The summed E-state index contributed by atoms with van der Waals surface area (Å²) in [7, 11) is 0. The summed E-state index contributed by atoms with van der Waals surface area (Å²) in [6.45, 7) is 2.17. The first-order valence-corrected chi connectivity index (χ1v) is 6.37. The molecule has 0 amide bonds. The van der Waals surface area contributed by atoms with Gasteiger partial charge in [0.05, 0.1) is 0 Å². The van der Waals surface area contributed by atoms with Gasteiger partial charge in [0, 0.05) is 0 Å². The molecule has 0 aromatic heterocycles. The summed E-state index contributed by atoms with van der Waals surface area (Å²) in [4.78, 5) is 0. The lowest BCUT2D eigenvalue weighted by atomic mass is 10.1. The zero-order valence-electron chi connectivity index (χ0n) is 10.7. The molecular weight excluding hydrogens is 216 g/mol. The minimum absolute atomic E-state index is 1.10. The predicted molar refractivity (Wildman–Crippen MR) is 80.3 cm³/mol. The molecular formula is C18H18. The second-order valence-electron chi connectivity index (χ2n) is 4.22. The Hall–Kier alpha value is -2.08. The number of benzene rings is 2. The van der Waals surface area contributed by atoms with E-state index in [1.54, 1.807) is 0 Å². The maximum Gasteiger partial charge on any atom is -0.0256 e. The van der Waals surface area contributed by atoms with Gasteiger partial charge in [0.2, 0.25) is 0 Å². The maximum absolute atomic E-state index is 2.18. The van der Waals surface area contributed by atoms with Crippen LogP contribution in [0.1, 0.15) is 23.6 Å². The van der Waals surface area contributed by atoms with Crippen LogP contribution in [0.3, 0.4) is 0 Å². The highest BCUT2D eigenvalue weighted by Crippen LogP contribution is 2.07. The second kappa shape index (κ2) is 6.61. The summed E-state index contributed by atoms with van der Waals surface area (Å²) < 4.78 is 0. The van der Waals surface area contributed by atoms with Crippen LogP contribution in [0.5, 0.6) is 0 Å². The molecule has 0 spiro atoms. The van der Waals surface area contributed by atoms with Crippen LogP contribution >= 0.6 is 0 Å². The molecule has 0 aliphatic rings. The van der Waals surface area contributed by atoms with Gasteiger partial charge in [-0.05, 0) is 23.1 Å². The molecule has 0 aliphatic heterocycles. The molecule has 18 heavy (non-hydrogen) atoms. The van der Waals surface area contributed by atoms with Crippen molar-refractivity contribution in [2.45, 2.75) is 13.3 Å². The highest BCUT2D eigenvalue weighted by molar-refractivity contribution is 5.57. The third kappa shape index (κ3) is 3.74. The largest absolute Gasteiger partial charge is 0.0622 e. The highest BCUT2D eigenvalue weighted by Gasteiger charge is 1.88. The van der Waals surface area contributed by atoms with Crippen molar-refractivity contribution in [3.8, 4) is 0 Å². The van der Waals surface area contributed by atoms with Crippen molar-refractivity contribution in [1.82, 2.24) is 0 Å². The van der Waals surface area contributed by atoms with Crippen molar-refractivity contribution < 1.29 is 0 Å². The first-order valence-electron chi connectivity index (χ1n) is 6.37. The van der Waals surface area contributed by atoms with E-state index in [9.17, 15) is 0 Å². The van der Waals surface area contributed by atoms with Crippen LogP contribution in [0.4, 0.5) is 0 Å². The van der Waals surface area contributed by atoms with Crippen LogP contribution in [0.25, 0.3) is 12.2 Å². The molecule has 2 aromatic carbocycles. The fourth-order valence-corrected chi connectivity index (χ4v) is 1.76. The lowest BCUT2D eigenvalue weighted by Gasteiger charge is -1.96. The Morgan fingerprint density at radius 1 is 0.722 bits per heavy atom. The Balaban J connectivity index is 1.96. The Morgan fingerprint density at radius 2 is 1.28 bits per heavy atom. The molecule has 0 heteroatoms. The van der Waals surface area contributed by atoms with E-state index in [0.29, 0.717) is 0 Å². The zero-order valence-corrected chi connectivity index (χ0v) is 10.7. The van der Waals surface area contributed by atoms with Gasteiger partial charge in [-0.25, -0.2) is 0 Å². The molecule has 0 saturated carbocycles. The normalized spacial score (nSPS) is 11.4. The molecule has 0 N–H and O–H groups in total. The van der Waals surface area contributed by atoms with Gasteiger partial charge in [0.1, 0.15) is 0 Å². The number of aryl methyl sites for hydroxylation is 1. The Kier molecular flexibility index (Phi) is 4.54. The molecule has 0 saturated heterocycles. The summed E-state index contributed by atoms with van der Waals surface area (Å²) in [6, 6.07) is 19.0. The first kappa shape index (κ1) is 12.4. The standard InChI is InChI=1S/C18H18/c1-2-16-12-14-18(15-13-16)11-7-6-10-17-8-4-3-5-9-17/h3-15H,2H2,1H3/b10-6+,11-7+. The molecule has 2 aromatic rings. The van der Waals surface area contributed by atoms with Gasteiger partial charge in [-0.1, -0.05) is 85.8 Å². The number of rotatable bonds is 4. The average molecular weight is 234 g/mol. The van der Waals surface area contributed by atoms with Crippen molar-refractivity contribution in [3.63, 3.8) is 0 Å². The van der Waals surface area contributed by atoms with E-state index < -0.39 is 0 Å². The van der Waals surface area contributed by atoms with Crippen LogP contribution in [-0.2, 0) is 6.42 Å². The first-order chi connectivity index (χ1) is 8.88. The summed E-state index contributed by atoms with van der Waals surface area (Å²) in [5.41, 5.74) is 3.85. The predicted octanol–water partition coefficient (Wildman–Crippen LogP) is 4.98. The van der Waals surface area contributed by atoms with E-state index in [1.807, 2.05) is 18.2 Å². The molecule has 0 heterocycles. The zero-order chi connectivity index (χ0) is 12.6. The molecule has 0 radical (unpaired) electrons. The molecule has 0 nitrogen and oxygen atoms in total. The highest BCUT2D eigenvalue weighted by atomic mass is 13.9. The third-order valence-corrected chi connectivity index (χ3v) is 2.88. The van der Waals surface area contributed by atoms with Crippen molar-refractivity contribution in [2.24, 2.45) is 0 Å². The van der Waals surface area contributed by atoms with Gasteiger partial charge in [0.15, 0.2) is 0 Å². The number of hydrogen-bond donors (Lipinski definition) is 0. The smallest absolute Gasteiger partial charge is 0.0256 e. The van der Waals surface area contributed by atoms with E-state index >= 15 is 0 Å². The molecule has 0 unspecified atom stereocenters. The van der Waals surface area contributed by atoms with Crippen LogP contribution in [0, 0.1) is 0 Å². The number of allylic oxidation sites excluding steroid dienone is 2. The maximum atomic E-state index is 2.18. The summed E-state index contributed by atoms with van der Waals surface area (Å²) in [5.74, 6) is 0. The van der Waals surface area contributed by atoms with Crippen LogP contribution < -0.4 is 0 Å².